The fraction of sp³-hybridized carbons (Fsp3) is 0.273. The topological polar surface area (TPSA) is 46.5 Å². The van der Waals surface area contributed by atoms with Gasteiger partial charge < -0.3 is 9.84 Å². The van der Waals surface area contributed by atoms with Crippen LogP contribution in [0.3, 0.4) is 0 Å². The molecule has 1 radical (unpaired) electrons. The molecule has 0 aliphatic rings. The van der Waals surface area contributed by atoms with E-state index in [4.69, 9.17) is 9.84 Å². The maximum atomic E-state index is 10.8. The number of hydrogen-bond acceptors (Lipinski definition) is 3. The lowest BCUT2D eigenvalue weighted by molar-refractivity contribution is -0.131. The lowest BCUT2D eigenvalue weighted by atomic mass is 10.0. The Morgan fingerprint density at radius 1 is 1.60 bits per heavy atom. The first-order valence-corrected chi connectivity index (χ1v) is 5.53. The van der Waals surface area contributed by atoms with Crippen molar-refractivity contribution in [1.82, 2.24) is 0 Å². The zero-order valence-corrected chi connectivity index (χ0v) is 10.5. The van der Waals surface area contributed by atoms with Crippen LogP contribution in [0.4, 0.5) is 0 Å². The van der Waals surface area contributed by atoms with E-state index in [1.807, 2.05) is 6.07 Å². The van der Waals surface area contributed by atoms with Crippen LogP contribution in [0, 0.1) is 10.5 Å². The monoisotopic (exact) mass is 319 g/mol. The van der Waals surface area contributed by atoms with Gasteiger partial charge in [0.2, 0.25) is 0 Å². The molecule has 0 aliphatic carbocycles. The number of esters is 1. The minimum Gasteiger partial charge on any atom is -0.427 e. The van der Waals surface area contributed by atoms with Gasteiger partial charge in [-0.25, -0.2) is 0 Å². The maximum absolute atomic E-state index is 10.8. The summed E-state index contributed by atoms with van der Waals surface area (Å²) in [6.07, 6.45) is 0. The second kappa shape index (κ2) is 5.46. The molecule has 15 heavy (non-hydrogen) atoms. The summed E-state index contributed by atoms with van der Waals surface area (Å²) < 4.78 is 5.92. The maximum Gasteiger partial charge on any atom is 0.308 e. The predicted molar refractivity (Wildman–Crippen MR) is 65.7 cm³/mol. The fourth-order valence-electron chi connectivity index (χ4n) is 1.15. The second-order valence-electron chi connectivity index (χ2n) is 3.19. The third kappa shape index (κ3) is 3.79. The third-order valence-corrected chi connectivity index (χ3v) is 2.47. The molecule has 1 aromatic carbocycles. The van der Waals surface area contributed by atoms with E-state index in [0.717, 1.165) is 9.13 Å². The molecule has 1 N–H and O–H groups in total. The number of carbonyl (C=O) groups is 1. The molecule has 1 atom stereocenters. The van der Waals surface area contributed by atoms with Crippen molar-refractivity contribution in [2.45, 2.75) is 12.8 Å². The molecule has 0 fully saturated rings. The summed E-state index contributed by atoms with van der Waals surface area (Å²) in [5, 5.41) is 8.98. The Labute approximate surface area is 103 Å². The molecule has 4 heteroatoms. The van der Waals surface area contributed by atoms with Gasteiger partial charge in [-0.05, 0) is 53.3 Å². The highest BCUT2D eigenvalue weighted by Crippen LogP contribution is 2.24. The Morgan fingerprint density at radius 3 is 2.80 bits per heavy atom. The minimum atomic E-state index is -0.354. The number of halogens is 1. The van der Waals surface area contributed by atoms with Crippen molar-refractivity contribution in [1.29, 1.82) is 0 Å². The van der Waals surface area contributed by atoms with Crippen molar-refractivity contribution < 1.29 is 14.6 Å². The molecule has 0 amide bonds. The van der Waals surface area contributed by atoms with Crippen LogP contribution in [0.25, 0.3) is 0 Å². The van der Waals surface area contributed by atoms with Gasteiger partial charge >= 0.3 is 5.97 Å². The molecule has 1 unspecified atom stereocenters. The van der Waals surface area contributed by atoms with Gasteiger partial charge in [-0.15, -0.1) is 0 Å². The largest absolute Gasteiger partial charge is 0.427 e. The molecule has 0 aromatic heterocycles. The summed E-state index contributed by atoms with van der Waals surface area (Å²) >= 11 is 2.13. The smallest absolute Gasteiger partial charge is 0.308 e. The molecular formula is C11H12IO3. The van der Waals surface area contributed by atoms with Gasteiger partial charge in [-0.2, -0.15) is 0 Å². The summed E-state index contributed by atoms with van der Waals surface area (Å²) in [6, 6.07) is 5.38. The van der Waals surface area contributed by atoms with E-state index in [9.17, 15) is 4.79 Å². The summed E-state index contributed by atoms with van der Waals surface area (Å²) in [5.41, 5.74) is 0.862. The van der Waals surface area contributed by atoms with Gasteiger partial charge in [0, 0.05) is 23.0 Å². The zero-order valence-electron chi connectivity index (χ0n) is 8.37. The highest BCUT2D eigenvalue weighted by atomic mass is 127. The van der Waals surface area contributed by atoms with Crippen LogP contribution in [0.2, 0.25) is 0 Å². The van der Waals surface area contributed by atoms with Crippen LogP contribution in [-0.4, -0.2) is 17.7 Å². The first-order valence-electron chi connectivity index (χ1n) is 4.45. The SMILES string of the molecule is [CH2]C(CO)c1cc(I)cc(OC(C)=O)c1. The first kappa shape index (κ1) is 12.4. The van der Waals surface area contributed by atoms with E-state index in [1.165, 1.54) is 6.92 Å². The second-order valence-corrected chi connectivity index (χ2v) is 4.44. The number of benzene rings is 1. The number of aliphatic hydroxyl groups excluding tert-OH is 1. The van der Waals surface area contributed by atoms with Gasteiger partial charge in [0.05, 0.1) is 0 Å². The Balaban J connectivity index is 2.99. The van der Waals surface area contributed by atoms with Crippen molar-refractivity contribution in [3.8, 4) is 5.75 Å². The van der Waals surface area contributed by atoms with Crippen molar-refractivity contribution >= 4 is 28.6 Å². The minimum absolute atomic E-state index is 0.0282. The molecule has 0 saturated heterocycles. The Morgan fingerprint density at radius 2 is 2.27 bits per heavy atom. The van der Waals surface area contributed by atoms with Gasteiger partial charge in [0.1, 0.15) is 5.75 Å². The summed E-state index contributed by atoms with van der Waals surface area (Å²) in [6.45, 7) is 5.12. The highest BCUT2D eigenvalue weighted by molar-refractivity contribution is 14.1. The Kier molecular flexibility index (Phi) is 4.53. The van der Waals surface area contributed by atoms with Gasteiger partial charge in [-0.3, -0.25) is 4.79 Å². The van der Waals surface area contributed by atoms with E-state index in [1.54, 1.807) is 12.1 Å². The van der Waals surface area contributed by atoms with Crippen molar-refractivity contribution in [2.24, 2.45) is 0 Å². The quantitative estimate of drug-likeness (QED) is 0.527. The van der Waals surface area contributed by atoms with Gasteiger partial charge in [0.15, 0.2) is 0 Å². The molecule has 0 heterocycles. The normalized spacial score (nSPS) is 12.3. The highest BCUT2D eigenvalue weighted by Gasteiger charge is 2.08. The molecule has 1 aromatic rings. The van der Waals surface area contributed by atoms with E-state index in [0.29, 0.717) is 5.75 Å². The zero-order chi connectivity index (χ0) is 11.4. The number of rotatable bonds is 3. The van der Waals surface area contributed by atoms with Crippen LogP contribution < -0.4 is 4.74 Å². The molecule has 0 saturated carbocycles. The number of hydrogen-bond donors (Lipinski definition) is 1. The van der Waals surface area contributed by atoms with Gasteiger partial charge in [0.25, 0.3) is 0 Å². The number of aliphatic hydroxyl groups is 1. The molecule has 1 rings (SSSR count). The van der Waals surface area contributed by atoms with Crippen molar-refractivity contribution in [3.05, 3.63) is 34.3 Å². The third-order valence-electron chi connectivity index (χ3n) is 1.85. The summed E-state index contributed by atoms with van der Waals surface area (Å²) in [7, 11) is 0. The lowest BCUT2D eigenvalue weighted by Crippen LogP contribution is -2.04. The fourth-order valence-corrected chi connectivity index (χ4v) is 1.82. The number of carbonyl (C=O) groups excluding carboxylic acids is 1. The van der Waals surface area contributed by atoms with Crippen LogP contribution in [0.15, 0.2) is 18.2 Å². The van der Waals surface area contributed by atoms with Gasteiger partial charge in [-0.1, -0.05) is 0 Å². The van der Waals surface area contributed by atoms with E-state index < -0.39 is 0 Å². The lowest BCUT2D eigenvalue weighted by Gasteiger charge is -2.10. The van der Waals surface area contributed by atoms with E-state index in [2.05, 4.69) is 29.5 Å². The van der Waals surface area contributed by atoms with Crippen LogP contribution in [0.5, 0.6) is 5.75 Å². The van der Waals surface area contributed by atoms with Crippen LogP contribution in [-0.2, 0) is 4.79 Å². The molecule has 81 valence electrons. The Bertz CT molecular complexity index is 363. The van der Waals surface area contributed by atoms with Crippen molar-refractivity contribution in [2.75, 3.05) is 6.61 Å². The molecule has 3 nitrogen and oxygen atoms in total. The average molecular weight is 319 g/mol. The first-order chi connectivity index (χ1) is 7.02. The average Bonchev–Trinajstić information content (AvgIpc) is 2.14. The van der Waals surface area contributed by atoms with Crippen LogP contribution in [0.1, 0.15) is 18.4 Å². The van der Waals surface area contributed by atoms with Crippen molar-refractivity contribution in [3.63, 3.8) is 0 Å². The van der Waals surface area contributed by atoms with Crippen LogP contribution >= 0.6 is 22.6 Å². The molecule has 0 aliphatic heterocycles. The Hall–Kier alpha value is -0.620. The summed E-state index contributed by atoms with van der Waals surface area (Å²) in [4.78, 5) is 10.8. The van der Waals surface area contributed by atoms with E-state index >= 15 is 0 Å². The molecule has 0 spiro atoms. The standard InChI is InChI=1S/C11H12IO3/c1-7(6-13)9-3-10(12)5-11(4-9)15-8(2)14/h3-5,7,13H,1,6H2,2H3. The number of ether oxygens (including phenoxy) is 1. The van der Waals surface area contributed by atoms with E-state index in [-0.39, 0.29) is 18.5 Å². The molecule has 0 bridgehead atoms. The summed E-state index contributed by atoms with van der Waals surface area (Å²) in [5.74, 6) is -0.0620. The molecular weight excluding hydrogens is 307 g/mol. The predicted octanol–water partition coefficient (Wildman–Crippen LogP) is 2.13.